The summed E-state index contributed by atoms with van der Waals surface area (Å²) in [5, 5.41) is 32.1. The normalized spacial score (nSPS) is 11.5. The van der Waals surface area contributed by atoms with E-state index in [1.54, 1.807) is 0 Å². The number of carbonyl (C=O) groups is 3. The van der Waals surface area contributed by atoms with Crippen LogP contribution in [0.4, 0.5) is 0 Å². The quantitative estimate of drug-likeness (QED) is 0.442. The molecule has 0 heterocycles. The van der Waals surface area contributed by atoms with E-state index >= 15 is 0 Å². The highest BCUT2D eigenvalue weighted by Gasteiger charge is 2.20. The van der Waals surface area contributed by atoms with Crippen molar-refractivity contribution in [2.45, 2.75) is 19.4 Å². The molecule has 1 aromatic carbocycles. The number of hydrogen-bond acceptors (Lipinski definition) is 5. The summed E-state index contributed by atoms with van der Waals surface area (Å²) >= 11 is 0. The van der Waals surface area contributed by atoms with Crippen LogP contribution in [0.3, 0.4) is 0 Å². The molecule has 8 heteroatoms. The summed E-state index contributed by atoms with van der Waals surface area (Å²) in [6.07, 6.45) is -0.0744. The first-order chi connectivity index (χ1) is 9.79. The van der Waals surface area contributed by atoms with Crippen molar-refractivity contribution in [1.29, 1.82) is 0 Å². The maximum atomic E-state index is 11.5. The van der Waals surface area contributed by atoms with E-state index in [1.165, 1.54) is 25.1 Å². The van der Waals surface area contributed by atoms with Crippen molar-refractivity contribution in [3.05, 3.63) is 23.8 Å². The minimum atomic E-state index is -1.25. The highest BCUT2D eigenvalue weighted by Crippen LogP contribution is 2.25. The van der Waals surface area contributed by atoms with Crippen molar-refractivity contribution < 1.29 is 29.7 Å². The number of nitrogens with one attached hydrogen (secondary N) is 2. The molecule has 1 unspecified atom stereocenters. The van der Waals surface area contributed by atoms with Crippen molar-refractivity contribution in [3.8, 4) is 11.5 Å². The predicted molar refractivity (Wildman–Crippen MR) is 71.7 cm³/mol. The molecule has 0 saturated heterocycles. The average Bonchev–Trinajstić information content (AvgIpc) is 2.39. The monoisotopic (exact) mass is 296 g/mol. The highest BCUT2D eigenvalue weighted by molar-refractivity contribution is 5.87. The standard InChI is InChI=1S/C13H16N2O6/c1-7(16)14-6-12(19)15-9(13(20)21)4-8-2-3-10(17)11(18)5-8/h2-3,5,9,17-18H,4,6H2,1H3,(H,14,16)(H,15,19)(H,20,21). The van der Waals surface area contributed by atoms with E-state index in [0.29, 0.717) is 5.56 Å². The van der Waals surface area contributed by atoms with Gasteiger partial charge in [0.2, 0.25) is 11.8 Å². The number of carboxylic acids is 1. The summed E-state index contributed by atoms with van der Waals surface area (Å²) in [6.45, 7) is 0.918. The molecular formula is C13H16N2O6. The summed E-state index contributed by atoms with van der Waals surface area (Å²) in [5.74, 6) is -2.98. The SMILES string of the molecule is CC(=O)NCC(=O)NC(Cc1ccc(O)c(O)c1)C(=O)O. The fraction of sp³-hybridized carbons (Fsp3) is 0.308. The first-order valence-corrected chi connectivity index (χ1v) is 6.07. The minimum absolute atomic E-state index is 0.0744. The Balaban J connectivity index is 2.69. The van der Waals surface area contributed by atoms with Gasteiger partial charge in [0.05, 0.1) is 6.54 Å². The number of carbonyl (C=O) groups excluding carboxylic acids is 2. The first kappa shape index (κ1) is 16.3. The Morgan fingerprint density at radius 1 is 1.19 bits per heavy atom. The molecule has 8 nitrogen and oxygen atoms in total. The summed E-state index contributed by atoms with van der Waals surface area (Å²) in [5.41, 5.74) is 0.428. The van der Waals surface area contributed by atoms with Gasteiger partial charge < -0.3 is 26.0 Å². The van der Waals surface area contributed by atoms with Crippen LogP contribution in [-0.4, -0.2) is 45.7 Å². The fourth-order valence-corrected chi connectivity index (χ4v) is 1.58. The summed E-state index contributed by atoms with van der Waals surface area (Å²) in [7, 11) is 0. The Bertz CT molecular complexity index is 558. The van der Waals surface area contributed by atoms with E-state index in [4.69, 9.17) is 5.11 Å². The zero-order valence-electron chi connectivity index (χ0n) is 11.3. The molecular weight excluding hydrogens is 280 g/mol. The molecule has 0 aliphatic carbocycles. The Hall–Kier alpha value is -2.77. The summed E-state index contributed by atoms with van der Waals surface area (Å²) in [6, 6.07) is 2.66. The second-order valence-electron chi connectivity index (χ2n) is 4.40. The molecule has 5 N–H and O–H groups in total. The third kappa shape index (κ3) is 5.39. The molecule has 1 atom stereocenters. The number of hydrogen-bond donors (Lipinski definition) is 5. The molecule has 0 spiro atoms. The number of aromatic hydroxyl groups is 2. The van der Waals surface area contributed by atoms with Crippen molar-refractivity contribution in [2.24, 2.45) is 0 Å². The number of rotatable bonds is 6. The van der Waals surface area contributed by atoms with Gasteiger partial charge in [-0.1, -0.05) is 6.07 Å². The molecule has 0 saturated carbocycles. The van der Waals surface area contributed by atoms with E-state index in [1.807, 2.05) is 0 Å². The van der Waals surface area contributed by atoms with Crippen molar-refractivity contribution >= 4 is 17.8 Å². The van der Waals surface area contributed by atoms with E-state index in [-0.39, 0.29) is 24.5 Å². The van der Waals surface area contributed by atoms with Crippen LogP contribution >= 0.6 is 0 Å². The molecule has 1 aromatic rings. The lowest BCUT2D eigenvalue weighted by Gasteiger charge is -2.15. The van der Waals surface area contributed by atoms with Gasteiger partial charge in [0.25, 0.3) is 0 Å². The van der Waals surface area contributed by atoms with E-state index in [2.05, 4.69) is 10.6 Å². The average molecular weight is 296 g/mol. The smallest absolute Gasteiger partial charge is 0.326 e. The minimum Gasteiger partial charge on any atom is -0.504 e. The molecule has 114 valence electrons. The van der Waals surface area contributed by atoms with Gasteiger partial charge in [-0.25, -0.2) is 4.79 Å². The van der Waals surface area contributed by atoms with Crippen LogP contribution in [0, 0.1) is 0 Å². The number of benzene rings is 1. The molecule has 0 radical (unpaired) electrons. The molecule has 0 aliphatic heterocycles. The third-order valence-electron chi connectivity index (χ3n) is 2.61. The van der Waals surface area contributed by atoms with Crippen LogP contribution in [0.5, 0.6) is 11.5 Å². The Morgan fingerprint density at radius 3 is 2.38 bits per heavy atom. The van der Waals surface area contributed by atoms with Crippen molar-refractivity contribution in [1.82, 2.24) is 10.6 Å². The van der Waals surface area contributed by atoms with Gasteiger partial charge in [0.15, 0.2) is 11.5 Å². The van der Waals surface area contributed by atoms with E-state index in [9.17, 15) is 24.6 Å². The Labute approximate surface area is 120 Å². The number of phenols is 2. The fourth-order valence-electron chi connectivity index (χ4n) is 1.58. The van der Waals surface area contributed by atoms with Crippen LogP contribution in [0.25, 0.3) is 0 Å². The van der Waals surface area contributed by atoms with Crippen molar-refractivity contribution in [2.75, 3.05) is 6.54 Å². The molecule has 0 aromatic heterocycles. The lowest BCUT2D eigenvalue weighted by atomic mass is 10.1. The molecule has 21 heavy (non-hydrogen) atoms. The predicted octanol–water partition coefficient (Wildman–Crippen LogP) is -0.654. The Morgan fingerprint density at radius 2 is 1.86 bits per heavy atom. The van der Waals surface area contributed by atoms with Crippen LogP contribution < -0.4 is 10.6 Å². The second kappa shape index (κ2) is 7.13. The number of carboxylic acid groups (broad SMARTS) is 1. The van der Waals surface area contributed by atoms with Gasteiger partial charge in [0.1, 0.15) is 6.04 Å². The van der Waals surface area contributed by atoms with Gasteiger partial charge in [-0.05, 0) is 17.7 Å². The van der Waals surface area contributed by atoms with Crippen molar-refractivity contribution in [3.63, 3.8) is 0 Å². The zero-order valence-corrected chi connectivity index (χ0v) is 11.3. The van der Waals surface area contributed by atoms with Crippen LogP contribution in [0.15, 0.2) is 18.2 Å². The maximum Gasteiger partial charge on any atom is 0.326 e. The molecule has 1 rings (SSSR count). The summed E-state index contributed by atoms with van der Waals surface area (Å²) in [4.78, 5) is 33.3. The van der Waals surface area contributed by atoms with Gasteiger partial charge in [0, 0.05) is 13.3 Å². The first-order valence-electron chi connectivity index (χ1n) is 6.07. The lowest BCUT2D eigenvalue weighted by Crippen LogP contribution is -2.46. The van der Waals surface area contributed by atoms with Crippen LogP contribution in [0.2, 0.25) is 0 Å². The largest absolute Gasteiger partial charge is 0.504 e. The van der Waals surface area contributed by atoms with Gasteiger partial charge in [-0.3, -0.25) is 9.59 Å². The van der Waals surface area contributed by atoms with Crippen LogP contribution in [-0.2, 0) is 20.8 Å². The van der Waals surface area contributed by atoms with E-state index < -0.39 is 23.8 Å². The Kier molecular flexibility index (Phi) is 5.53. The second-order valence-corrected chi connectivity index (χ2v) is 4.40. The zero-order chi connectivity index (χ0) is 16.0. The summed E-state index contributed by atoms with van der Waals surface area (Å²) < 4.78 is 0. The molecule has 0 aliphatic rings. The number of amides is 2. The molecule has 0 fully saturated rings. The van der Waals surface area contributed by atoms with E-state index in [0.717, 1.165) is 0 Å². The topological polar surface area (TPSA) is 136 Å². The molecule has 2 amide bonds. The highest BCUT2D eigenvalue weighted by atomic mass is 16.4. The number of phenolic OH excluding ortho intramolecular Hbond substituents is 2. The van der Waals surface area contributed by atoms with Gasteiger partial charge in [-0.2, -0.15) is 0 Å². The number of aliphatic carboxylic acids is 1. The maximum absolute atomic E-state index is 11.5. The third-order valence-corrected chi connectivity index (χ3v) is 2.61. The van der Waals surface area contributed by atoms with Crippen LogP contribution in [0.1, 0.15) is 12.5 Å². The molecule has 0 bridgehead atoms. The lowest BCUT2D eigenvalue weighted by molar-refractivity contribution is -0.141. The van der Waals surface area contributed by atoms with Gasteiger partial charge in [-0.15, -0.1) is 0 Å². The van der Waals surface area contributed by atoms with Gasteiger partial charge >= 0.3 is 5.97 Å².